The van der Waals surface area contributed by atoms with Crippen molar-refractivity contribution in [3.63, 3.8) is 0 Å². The lowest BCUT2D eigenvalue weighted by Crippen LogP contribution is -2.04. The van der Waals surface area contributed by atoms with E-state index in [-0.39, 0.29) is 0 Å². The van der Waals surface area contributed by atoms with Crippen molar-refractivity contribution >= 4 is 17.8 Å². The fourth-order valence-electron chi connectivity index (χ4n) is 1.57. The van der Waals surface area contributed by atoms with E-state index in [1.165, 1.54) is 23.0 Å². The van der Waals surface area contributed by atoms with E-state index >= 15 is 0 Å². The lowest BCUT2D eigenvalue weighted by Gasteiger charge is -2.08. The first-order valence-electron chi connectivity index (χ1n) is 5.33. The van der Waals surface area contributed by atoms with E-state index in [1.807, 2.05) is 0 Å². The Morgan fingerprint density at radius 3 is 2.42 bits per heavy atom. The van der Waals surface area contributed by atoms with Gasteiger partial charge in [0.2, 0.25) is 0 Å². The van der Waals surface area contributed by atoms with Crippen molar-refractivity contribution in [3.05, 3.63) is 41.6 Å². The third-order valence-corrected chi connectivity index (χ3v) is 2.46. The fraction of sp³-hybridized carbons (Fsp3) is 0.167. The van der Waals surface area contributed by atoms with E-state index < -0.39 is 11.7 Å². The van der Waals surface area contributed by atoms with Crippen LogP contribution in [0.25, 0.3) is 0 Å². The lowest BCUT2D eigenvalue weighted by atomic mass is 10.2. The number of hydrogen-bond acceptors (Lipinski definition) is 3. The number of aryl methyl sites for hydroxylation is 1. The predicted molar refractivity (Wildman–Crippen MR) is 63.3 cm³/mol. The normalized spacial score (nSPS) is 11.4. The molecule has 0 radical (unpaired) electrons. The number of benzene rings is 1. The number of rotatable bonds is 3. The molecule has 0 amide bonds. The molecule has 0 aliphatic carbocycles. The number of alkyl halides is 3. The minimum Gasteiger partial charge on any atom is -0.338 e. The zero-order valence-electron chi connectivity index (χ0n) is 9.90. The third kappa shape index (κ3) is 2.93. The van der Waals surface area contributed by atoms with E-state index in [2.05, 4.69) is 10.4 Å². The molecule has 0 unspecified atom stereocenters. The highest BCUT2D eigenvalue weighted by atomic mass is 19.4. The molecule has 1 N–H and O–H groups in total. The first-order chi connectivity index (χ1) is 8.90. The average Bonchev–Trinajstić information content (AvgIpc) is 2.69. The van der Waals surface area contributed by atoms with Gasteiger partial charge in [0.15, 0.2) is 12.1 Å². The molecular weight excluding hydrogens is 259 g/mol. The second-order valence-corrected chi connectivity index (χ2v) is 3.92. The maximum atomic E-state index is 12.4. The minimum atomic E-state index is -4.36. The third-order valence-electron chi connectivity index (χ3n) is 2.46. The number of carbonyl (C=O) groups is 1. The van der Waals surface area contributed by atoms with Gasteiger partial charge in [-0.25, -0.2) is 0 Å². The van der Waals surface area contributed by atoms with Crippen molar-refractivity contribution in [2.75, 3.05) is 5.32 Å². The van der Waals surface area contributed by atoms with Gasteiger partial charge in [0.05, 0.1) is 11.1 Å². The van der Waals surface area contributed by atoms with Crippen LogP contribution < -0.4 is 5.32 Å². The van der Waals surface area contributed by atoms with Gasteiger partial charge in [0, 0.05) is 18.9 Å². The number of anilines is 2. The van der Waals surface area contributed by atoms with Gasteiger partial charge in [-0.2, -0.15) is 18.3 Å². The van der Waals surface area contributed by atoms with Crippen LogP contribution in [-0.2, 0) is 13.2 Å². The standard InChI is InChI=1S/C12H10F3N3O/c1-18-6-8(7-19)11(17-18)16-10-4-2-9(3-5-10)12(13,14)15/h2-7H,1H3,(H,16,17). The Morgan fingerprint density at radius 2 is 1.89 bits per heavy atom. The number of nitrogens with one attached hydrogen (secondary N) is 1. The Kier molecular flexibility index (Phi) is 3.28. The molecule has 0 aliphatic heterocycles. The van der Waals surface area contributed by atoms with Gasteiger partial charge >= 0.3 is 6.18 Å². The number of aromatic nitrogens is 2. The fourth-order valence-corrected chi connectivity index (χ4v) is 1.57. The molecule has 1 aromatic heterocycles. The smallest absolute Gasteiger partial charge is 0.338 e. The maximum Gasteiger partial charge on any atom is 0.416 e. The summed E-state index contributed by atoms with van der Waals surface area (Å²) in [6, 6.07) is 4.50. The molecular formula is C12H10F3N3O. The largest absolute Gasteiger partial charge is 0.416 e. The summed E-state index contributed by atoms with van der Waals surface area (Å²) in [6.07, 6.45) is -2.23. The second-order valence-electron chi connectivity index (χ2n) is 3.92. The summed E-state index contributed by atoms with van der Waals surface area (Å²) >= 11 is 0. The maximum absolute atomic E-state index is 12.4. The van der Waals surface area contributed by atoms with Gasteiger partial charge < -0.3 is 5.32 Å². The number of nitrogens with zero attached hydrogens (tertiary/aromatic N) is 2. The van der Waals surface area contributed by atoms with Crippen LogP contribution in [0.2, 0.25) is 0 Å². The van der Waals surface area contributed by atoms with Crippen LogP contribution in [0.15, 0.2) is 30.5 Å². The Morgan fingerprint density at radius 1 is 1.26 bits per heavy atom. The molecule has 1 aromatic carbocycles. The molecule has 7 heteroatoms. The summed E-state index contributed by atoms with van der Waals surface area (Å²) in [5.41, 5.74) is 0.0341. The average molecular weight is 269 g/mol. The lowest BCUT2D eigenvalue weighted by molar-refractivity contribution is -0.137. The van der Waals surface area contributed by atoms with E-state index in [9.17, 15) is 18.0 Å². The van der Waals surface area contributed by atoms with Crippen molar-refractivity contribution in [2.24, 2.45) is 7.05 Å². The van der Waals surface area contributed by atoms with E-state index in [4.69, 9.17) is 0 Å². The predicted octanol–water partition coefficient (Wildman–Crippen LogP) is 3.00. The topological polar surface area (TPSA) is 46.9 Å². The monoisotopic (exact) mass is 269 g/mol. The Hall–Kier alpha value is -2.31. The highest BCUT2D eigenvalue weighted by Crippen LogP contribution is 2.30. The van der Waals surface area contributed by atoms with E-state index in [1.54, 1.807) is 7.05 Å². The molecule has 19 heavy (non-hydrogen) atoms. The van der Waals surface area contributed by atoms with E-state index in [0.717, 1.165) is 12.1 Å². The van der Waals surface area contributed by atoms with Crippen molar-refractivity contribution in [2.45, 2.75) is 6.18 Å². The molecule has 4 nitrogen and oxygen atoms in total. The van der Waals surface area contributed by atoms with Gasteiger partial charge in [-0.1, -0.05) is 0 Å². The van der Waals surface area contributed by atoms with Crippen LogP contribution in [0.1, 0.15) is 15.9 Å². The van der Waals surface area contributed by atoms with Crippen LogP contribution in [0.4, 0.5) is 24.7 Å². The SMILES string of the molecule is Cn1cc(C=O)c(Nc2ccc(C(F)(F)F)cc2)n1. The highest BCUT2D eigenvalue weighted by molar-refractivity contribution is 5.83. The molecule has 2 aromatic rings. The molecule has 2 rings (SSSR count). The Bertz CT molecular complexity index is 587. The number of carbonyl (C=O) groups excluding carboxylic acids is 1. The van der Waals surface area contributed by atoms with Crippen LogP contribution in [0.3, 0.4) is 0 Å². The molecule has 0 aliphatic rings. The Balaban J connectivity index is 2.22. The molecule has 100 valence electrons. The molecule has 0 spiro atoms. The summed E-state index contributed by atoms with van der Waals surface area (Å²) in [4.78, 5) is 10.8. The molecule has 0 saturated carbocycles. The molecule has 1 heterocycles. The summed E-state index contributed by atoms with van der Waals surface area (Å²) in [5, 5.41) is 6.79. The van der Waals surface area contributed by atoms with Gasteiger partial charge in [0.1, 0.15) is 0 Å². The number of aldehydes is 1. The molecule has 0 atom stereocenters. The van der Waals surface area contributed by atoms with Crippen LogP contribution in [-0.4, -0.2) is 16.1 Å². The number of hydrogen-bond donors (Lipinski definition) is 1. The van der Waals surface area contributed by atoms with Gasteiger partial charge in [-0.05, 0) is 24.3 Å². The molecule has 0 saturated heterocycles. The van der Waals surface area contributed by atoms with Crippen molar-refractivity contribution < 1.29 is 18.0 Å². The zero-order valence-corrected chi connectivity index (χ0v) is 9.90. The first-order valence-corrected chi connectivity index (χ1v) is 5.33. The van der Waals surface area contributed by atoms with Gasteiger partial charge in [-0.15, -0.1) is 0 Å². The summed E-state index contributed by atoms with van der Waals surface area (Å²) < 4.78 is 38.6. The Labute approximate surface area is 106 Å². The highest BCUT2D eigenvalue weighted by Gasteiger charge is 2.29. The minimum absolute atomic E-state index is 0.303. The second kappa shape index (κ2) is 4.75. The summed E-state index contributed by atoms with van der Waals surface area (Å²) in [6.45, 7) is 0. The quantitative estimate of drug-likeness (QED) is 0.871. The van der Waals surface area contributed by atoms with Crippen molar-refractivity contribution in [3.8, 4) is 0 Å². The summed E-state index contributed by atoms with van der Waals surface area (Å²) in [7, 11) is 1.64. The van der Waals surface area contributed by atoms with Crippen LogP contribution in [0, 0.1) is 0 Å². The zero-order chi connectivity index (χ0) is 14.0. The van der Waals surface area contributed by atoms with Gasteiger partial charge in [-0.3, -0.25) is 9.48 Å². The van der Waals surface area contributed by atoms with Crippen molar-refractivity contribution in [1.29, 1.82) is 0 Å². The van der Waals surface area contributed by atoms with Gasteiger partial charge in [0.25, 0.3) is 0 Å². The first kappa shape index (κ1) is 13.1. The van der Waals surface area contributed by atoms with Crippen molar-refractivity contribution in [1.82, 2.24) is 9.78 Å². The van der Waals surface area contributed by atoms with E-state index in [0.29, 0.717) is 23.4 Å². The van der Waals surface area contributed by atoms with Crippen LogP contribution >= 0.6 is 0 Å². The number of halogens is 3. The molecule has 0 fully saturated rings. The summed E-state index contributed by atoms with van der Waals surface area (Å²) in [5.74, 6) is 0.303. The van der Waals surface area contributed by atoms with Crippen LogP contribution in [0.5, 0.6) is 0 Å². The molecule has 0 bridgehead atoms.